The highest BCUT2D eigenvalue weighted by molar-refractivity contribution is 8.76. The maximum Gasteiger partial charge on any atom is 0.328 e. The van der Waals surface area contributed by atoms with Crippen LogP contribution in [0, 0.1) is 0 Å². The molecule has 16 N–H and O–H groups in total. The number of phenols is 1. The van der Waals surface area contributed by atoms with Gasteiger partial charge in [0.25, 0.3) is 0 Å². The van der Waals surface area contributed by atoms with Gasteiger partial charge in [-0.05, 0) is 107 Å². The number of carboxylic acids is 2. The Morgan fingerprint density at radius 2 is 1.22 bits per heavy atom. The third kappa shape index (κ3) is 24.0. The summed E-state index contributed by atoms with van der Waals surface area (Å²) in [5.74, 6) is -10.4. The second-order valence-electron chi connectivity index (χ2n) is 24.5. The molecular weight excluding hydrogens is 1280 g/mol. The Bertz CT molecular complexity index is 3260. The summed E-state index contributed by atoms with van der Waals surface area (Å²) in [5, 5.41) is 73.2. The first-order valence-corrected chi connectivity index (χ1v) is 35.0. The van der Waals surface area contributed by atoms with E-state index in [4.69, 9.17) is 5.73 Å². The monoisotopic (exact) mass is 1370 g/mol. The lowest BCUT2D eigenvalue weighted by atomic mass is 10.0. The van der Waals surface area contributed by atoms with Crippen LogP contribution in [0.1, 0.15) is 62.6 Å². The van der Waals surface area contributed by atoms with Gasteiger partial charge in [-0.1, -0.05) is 82.3 Å². The number of nitrogens with one attached hydrogen (secondary N) is 9. The summed E-state index contributed by atoms with van der Waals surface area (Å²) in [7, 11) is 1.80. The molecule has 0 radical (unpaired) electrons. The molecule has 96 heavy (non-hydrogen) atoms. The number of aromatic hydroxyl groups is 1. The zero-order chi connectivity index (χ0) is 69.3. The van der Waals surface area contributed by atoms with Crippen molar-refractivity contribution in [2.45, 2.75) is 126 Å². The average Bonchev–Trinajstić information content (AvgIpc) is 1.59. The van der Waals surface area contributed by atoms with Gasteiger partial charge in [-0.25, -0.2) is 4.79 Å². The van der Waals surface area contributed by atoms with Gasteiger partial charge in [-0.2, -0.15) is 0 Å². The van der Waals surface area contributed by atoms with Crippen molar-refractivity contribution in [1.29, 1.82) is 0 Å². The number of aromatic nitrogens is 1. The lowest BCUT2D eigenvalue weighted by molar-refractivity contribution is -0.145. The lowest BCUT2D eigenvalue weighted by Crippen LogP contribution is -2.62. The fourth-order valence-corrected chi connectivity index (χ4v) is 13.9. The average molecular weight is 1370 g/mol. The van der Waals surface area contributed by atoms with Crippen molar-refractivity contribution in [2.75, 3.05) is 96.6 Å². The number of benzene rings is 3. The van der Waals surface area contributed by atoms with Crippen LogP contribution in [0.15, 0.2) is 85.1 Å². The number of aliphatic hydroxyl groups excluding tert-OH is 2. The number of phenolic OH excluding ortho intramolecular Hbond substituents is 1. The molecule has 2 unspecified atom stereocenters. The number of amides is 8. The van der Waals surface area contributed by atoms with E-state index in [1.807, 2.05) is 21.9 Å². The van der Waals surface area contributed by atoms with Crippen LogP contribution in [0.4, 0.5) is 0 Å². The van der Waals surface area contributed by atoms with Crippen molar-refractivity contribution in [3.05, 3.63) is 102 Å². The van der Waals surface area contributed by atoms with E-state index in [0.717, 1.165) is 54.6 Å². The number of aromatic amines is 1. The van der Waals surface area contributed by atoms with Gasteiger partial charge in [0.15, 0.2) is 6.04 Å². The quantitative estimate of drug-likeness (QED) is 0.0306. The van der Waals surface area contributed by atoms with Crippen molar-refractivity contribution in [1.82, 2.24) is 67.1 Å². The van der Waals surface area contributed by atoms with Crippen LogP contribution in [-0.2, 0) is 67.2 Å². The number of unbranched alkanes of at least 4 members (excludes halogenated alkanes) is 1. The highest BCUT2D eigenvalue weighted by Gasteiger charge is 2.38. The molecule has 12 atom stereocenters. The van der Waals surface area contributed by atoms with Gasteiger partial charge >= 0.3 is 11.9 Å². The minimum absolute atomic E-state index is 0.0331. The van der Waals surface area contributed by atoms with Gasteiger partial charge in [0.2, 0.25) is 47.3 Å². The number of hydrogen-bond acceptors (Lipinski definition) is 20. The van der Waals surface area contributed by atoms with Crippen LogP contribution >= 0.6 is 21.6 Å². The fourth-order valence-electron chi connectivity index (χ4n) is 11.6. The number of carboxylic acid groups (broad SMARTS) is 2. The predicted octanol–water partition coefficient (Wildman–Crippen LogP) is -1.75. The smallest absolute Gasteiger partial charge is 0.328 e. The van der Waals surface area contributed by atoms with E-state index in [9.17, 15) is 59.1 Å². The van der Waals surface area contributed by atoms with Gasteiger partial charge in [-0.15, -0.1) is 0 Å². The number of nitrogens with two attached hydrogens (primary N) is 1. The number of aliphatic hydroxyl groups is 2. The van der Waals surface area contributed by atoms with E-state index in [1.54, 1.807) is 48.7 Å². The van der Waals surface area contributed by atoms with Crippen LogP contribution < -0.4 is 48.3 Å². The molecule has 4 heterocycles. The molecule has 8 amide bonds. The summed E-state index contributed by atoms with van der Waals surface area (Å²) in [5.41, 5.74) is 8.23. The summed E-state index contributed by atoms with van der Waals surface area (Å²) in [4.78, 5) is 153. The van der Waals surface area contributed by atoms with Crippen LogP contribution in [-0.4, -0.2) is 266 Å². The second kappa shape index (κ2) is 38.2. The molecule has 29 nitrogen and oxygen atoms in total. The summed E-state index contributed by atoms with van der Waals surface area (Å²) in [6, 6.07) is 9.28. The zero-order valence-electron chi connectivity index (χ0n) is 54.1. The minimum atomic E-state index is -1.86. The molecule has 7 rings (SSSR count). The van der Waals surface area contributed by atoms with Gasteiger partial charge < -0.3 is 88.6 Å². The van der Waals surface area contributed by atoms with E-state index in [-0.39, 0.29) is 63.2 Å². The Labute approximate surface area is 565 Å². The fraction of sp³-hybridized carbons (Fsp3) is 0.538. The summed E-state index contributed by atoms with van der Waals surface area (Å²) >= 11 is 0. The van der Waals surface area contributed by atoms with Gasteiger partial charge in [-0.3, -0.25) is 53.0 Å². The molecular formula is C65H92N14O15S2. The van der Waals surface area contributed by atoms with E-state index in [1.165, 1.54) is 31.2 Å². The molecule has 31 heteroatoms. The van der Waals surface area contributed by atoms with E-state index >= 15 is 14.4 Å². The number of carbonyl (C=O) groups is 10. The predicted molar refractivity (Wildman–Crippen MR) is 361 cm³/mol. The first-order valence-electron chi connectivity index (χ1n) is 32.5. The zero-order valence-corrected chi connectivity index (χ0v) is 55.8. The van der Waals surface area contributed by atoms with Crippen molar-refractivity contribution in [3.63, 3.8) is 0 Å². The molecule has 4 aromatic rings. The number of nitrogens with zero attached hydrogens (tertiary/aromatic N) is 4. The van der Waals surface area contributed by atoms with Crippen LogP contribution in [0.2, 0.25) is 0 Å². The Morgan fingerprint density at radius 3 is 1.85 bits per heavy atom. The normalized spacial score (nSPS) is 24.2. The van der Waals surface area contributed by atoms with Crippen molar-refractivity contribution < 1.29 is 73.5 Å². The van der Waals surface area contributed by atoms with Gasteiger partial charge in [0.1, 0.15) is 48.0 Å². The third-order valence-corrected chi connectivity index (χ3v) is 19.4. The van der Waals surface area contributed by atoms with Gasteiger partial charge in [0, 0.05) is 93.7 Å². The maximum absolute atomic E-state index is 15.3. The van der Waals surface area contributed by atoms with Crippen molar-refractivity contribution in [3.8, 4) is 5.75 Å². The molecule has 0 saturated carbocycles. The number of carbonyl (C=O) groups excluding carboxylic acids is 8. The molecule has 1 aromatic heterocycles. The third-order valence-electron chi connectivity index (χ3n) is 17.0. The minimum Gasteiger partial charge on any atom is -0.508 e. The van der Waals surface area contributed by atoms with Crippen LogP contribution in [0.5, 0.6) is 5.75 Å². The summed E-state index contributed by atoms with van der Waals surface area (Å²) in [6.07, 6.45) is 0.0249. The molecule has 0 spiro atoms. The molecule has 524 valence electrons. The number of rotatable bonds is 22. The number of aliphatic carboxylic acids is 2. The Morgan fingerprint density at radius 1 is 0.625 bits per heavy atom. The highest BCUT2D eigenvalue weighted by Crippen LogP contribution is 2.25. The Hall–Kier alpha value is -7.88. The van der Waals surface area contributed by atoms with Gasteiger partial charge in [0.05, 0.1) is 25.3 Å². The Balaban J connectivity index is 1.23. The maximum atomic E-state index is 15.3. The second-order valence-corrected chi connectivity index (χ2v) is 27.1. The molecule has 3 saturated heterocycles. The number of hydrogen-bond donors (Lipinski definition) is 15. The summed E-state index contributed by atoms with van der Waals surface area (Å²) in [6.45, 7) is 9.07. The van der Waals surface area contributed by atoms with Crippen molar-refractivity contribution in [2.24, 2.45) is 5.73 Å². The number of H-pyrrole nitrogens is 1. The molecule has 2 bridgehead atoms. The molecule has 3 aromatic carbocycles. The standard InChI is InChI=1S/C65H92N14O15S2/c1-40(80)56-64(92)73-53(63(91)75-57(41(2)81)65(93)94)39-96-95-38-52(72-59(87)49(32-42-12-4-3-5-13-42)68-54(83)36-78-24-10-22-77-27-26-76(28-30-78)23-11-25-79(31-29-77)37-55(84)85)62(90)70-50(33-43-17-19-45(82)20-18-43)60(88)71-51(34-44-35-67-47-15-7-6-14-46(44)47)61(89)69-48(58(86)74-56)16-8-9-21-66/h3-7,12-15,17-20,35,40-41,48-53,56-57,67,80-82H,8-11,16,21-34,36-39,66H2,1-2H3,(H,68,83)(H,69,89)(H,70,90)(H,71,88)(H,72,87)(H,73,92)(H,74,86)(H,75,91)(H,84,85)(H,93,94)/t40-,41-,48+,49-,50+,51-,52+,53+,56+,57+/m1/s1. The SMILES string of the molecule is C[C@@H](O)[C@H](NC(=O)[C@@H]1CSSC[C@H](NC(=O)[C@@H](Cc2ccccc2)NC(=O)CN2CCCN3CCN(CCCN(CC(=O)O)CC3)CC2)C(=O)N[C@@H](Cc2ccc(O)cc2)C(=O)N[C@H](Cc2c[nH]c3ccccc23)C(=O)N[C@@H](CCCCN)C(=O)N[C@@H]([C@@H](C)O)C(=O)N1)C(=O)O. The number of fused-ring (bicyclic) bond motifs is 4. The Kier molecular flexibility index (Phi) is 30.0. The van der Waals surface area contributed by atoms with E-state index < -0.39 is 125 Å². The molecule has 0 aliphatic carbocycles. The topological polar surface area (TPSA) is 423 Å². The largest absolute Gasteiger partial charge is 0.508 e. The molecule has 3 aliphatic rings. The van der Waals surface area contributed by atoms with Crippen LogP contribution in [0.25, 0.3) is 10.9 Å². The number of para-hydroxylation sites is 1. The molecule has 3 aliphatic heterocycles. The van der Waals surface area contributed by atoms with E-state index in [0.29, 0.717) is 86.2 Å². The lowest BCUT2D eigenvalue weighted by Gasteiger charge is -2.35. The van der Waals surface area contributed by atoms with Crippen molar-refractivity contribution >= 4 is 91.7 Å². The van der Waals surface area contributed by atoms with E-state index in [2.05, 4.69) is 57.3 Å². The first kappa shape index (κ1) is 75.5. The van der Waals surface area contributed by atoms with Crippen LogP contribution in [0.3, 0.4) is 0 Å². The first-order chi connectivity index (χ1) is 46.0. The summed E-state index contributed by atoms with van der Waals surface area (Å²) < 4.78 is 0. The molecule has 3 fully saturated rings. The highest BCUT2D eigenvalue weighted by atomic mass is 33.1.